The van der Waals surface area contributed by atoms with Gasteiger partial charge in [-0.3, -0.25) is 0 Å². The van der Waals surface area contributed by atoms with Crippen molar-refractivity contribution in [1.82, 2.24) is 4.98 Å². The number of nitrogens with one attached hydrogen (secondary N) is 1. The number of anilines is 2. The first-order valence-electron chi connectivity index (χ1n) is 6.06. The molecule has 1 heterocycles. The molecule has 0 radical (unpaired) electrons. The Labute approximate surface area is 97.5 Å². The molecule has 0 amide bonds. The van der Waals surface area contributed by atoms with Gasteiger partial charge >= 0.3 is 0 Å². The van der Waals surface area contributed by atoms with Gasteiger partial charge in [-0.05, 0) is 43.2 Å². The lowest BCUT2D eigenvalue weighted by atomic mass is 9.98. The smallest absolute Gasteiger partial charge is 0.129 e. The molecule has 1 fully saturated rings. The monoisotopic (exact) mass is 219 g/mol. The van der Waals surface area contributed by atoms with Crippen LogP contribution in [-0.4, -0.2) is 11.0 Å². The molecule has 1 aliphatic rings. The largest absolute Gasteiger partial charge is 0.397 e. The number of nitrogens with two attached hydrogens (primary N) is 1. The van der Waals surface area contributed by atoms with Crippen molar-refractivity contribution in [2.45, 2.75) is 39.7 Å². The van der Waals surface area contributed by atoms with Crippen molar-refractivity contribution in [3.8, 4) is 0 Å². The Hall–Kier alpha value is -1.25. The van der Waals surface area contributed by atoms with E-state index in [4.69, 9.17) is 5.73 Å². The molecule has 0 saturated heterocycles. The van der Waals surface area contributed by atoms with Crippen LogP contribution in [0.1, 0.15) is 32.3 Å². The number of pyridine rings is 1. The van der Waals surface area contributed by atoms with E-state index in [-0.39, 0.29) is 0 Å². The average Bonchev–Trinajstić information content (AvgIpc) is 2.54. The Kier molecular flexibility index (Phi) is 3.03. The molecule has 3 unspecified atom stereocenters. The average molecular weight is 219 g/mol. The zero-order valence-corrected chi connectivity index (χ0v) is 10.3. The molecular weight excluding hydrogens is 198 g/mol. The molecule has 0 spiro atoms. The summed E-state index contributed by atoms with van der Waals surface area (Å²) in [5.74, 6) is 2.52. The molecule has 0 aromatic carbocycles. The van der Waals surface area contributed by atoms with Crippen LogP contribution < -0.4 is 11.1 Å². The first-order chi connectivity index (χ1) is 7.58. The lowest BCUT2D eigenvalue weighted by Gasteiger charge is -2.21. The maximum absolute atomic E-state index is 5.69. The van der Waals surface area contributed by atoms with E-state index in [1.807, 2.05) is 6.07 Å². The highest BCUT2D eigenvalue weighted by Gasteiger charge is 2.29. The van der Waals surface area contributed by atoms with E-state index in [1.165, 1.54) is 12.8 Å². The topological polar surface area (TPSA) is 50.9 Å². The molecule has 0 bridgehead atoms. The van der Waals surface area contributed by atoms with Gasteiger partial charge in [0.2, 0.25) is 0 Å². The number of hydrogen-bond donors (Lipinski definition) is 2. The summed E-state index contributed by atoms with van der Waals surface area (Å²) in [7, 11) is 0. The fourth-order valence-electron chi connectivity index (χ4n) is 2.49. The van der Waals surface area contributed by atoms with E-state index in [9.17, 15) is 0 Å². The van der Waals surface area contributed by atoms with Gasteiger partial charge in [-0.25, -0.2) is 4.98 Å². The lowest BCUT2D eigenvalue weighted by molar-refractivity contribution is 0.435. The summed E-state index contributed by atoms with van der Waals surface area (Å²) in [4.78, 5) is 4.36. The Bertz CT molecular complexity index is 375. The maximum atomic E-state index is 5.69. The molecule has 1 saturated carbocycles. The minimum Gasteiger partial charge on any atom is -0.397 e. The predicted octanol–water partition coefficient (Wildman–Crippen LogP) is 2.82. The zero-order valence-electron chi connectivity index (χ0n) is 10.3. The Morgan fingerprint density at radius 1 is 1.38 bits per heavy atom. The number of rotatable bonds is 2. The summed E-state index contributed by atoms with van der Waals surface area (Å²) in [5, 5.41) is 3.55. The Balaban J connectivity index is 2.09. The Morgan fingerprint density at radius 2 is 2.12 bits per heavy atom. The number of nitrogen functional groups attached to an aromatic ring is 1. The molecule has 1 aromatic heterocycles. The Morgan fingerprint density at radius 3 is 2.69 bits per heavy atom. The minimum atomic E-state index is 0.560. The number of aryl methyl sites for hydroxylation is 1. The van der Waals surface area contributed by atoms with Gasteiger partial charge in [0.05, 0.1) is 11.9 Å². The maximum Gasteiger partial charge on any atom is 0.129 e. The van der Waals surface area contributed by atoms with E-state index < -0.39 is 0 Å². The van der Waals surface area contributed by atoms with Crippen molar-refractivity contribution < 1.29 is 0 Å². The SMILES string of the molecule is Cc1cc(N)cnc1NC1CCC(C)C1C. The standard InChI is InChI=1S/C13H21N3/c1-8-4-5-12(10(8)3)16-13-9(2)6-11(14)7-15-13/h6-8,10,12H,4-5,14H2,1-3H3,(H,15,16). The molecule has 3 heteroatoms. The molecule has 2 rings (SSSR count). The van der Waals surface area contributed by atoms with E-state index in [2.05, 4.69) is 31.1 Å². The zero-order chi connectivity index (χ0) is 11.7. The molecule has 1 aromatic rings. The van der Waals surface area contributed by atoms with Crippen LogP contribution in [0.2, 0.25) is 0 Å². The summed E-state index contributed by atoms with van der Waals surface area (Å²) < 4.78 is 0. The van der Waals surface area contributed by atoms with Crippen molar-refractivity contribution in [1.29, 1.82) is 0 Å². The third-order valence-corrected chi connectivity index (χ3v) is 3.89. The van der Waals surface area contributed by atoms with E-state index in [0.29, 0.717) is 6.04 Å². The molecule has 0 aliphatic heterocycles. The van der Waals surface area contributed by atoms with Gasteiger partial charge in [-0.2, -0.15) is 0 Å². The van der Waals surface area contributed by atoms with Crippen molar-refractivity contribution in [2.24, 2.45) is 11.8 Å². The van der Waals surface area contributed by atoms with Crippen molar-refractivity contribution in [2.75, 3.05) is 11.1 Å². The van der Waals surface area contributed by atoms with Gasteiger partial charge in [-0.1, -0.05) is 13.8 Å². The summed E-state index contributed by atoms with van der Waals surface area (Å²) in [5.41, 5.74) is 7.56. The van der Waals surface area contributed by atoms with Crippen molar-refractivity contribution in [3.63, 3.8) is 0 Å². The second-order valence-electron chi connectivity index (χ2n) is 5.10. The van der Waals surface area contributed by atoms with E-state index >= 15 is 0 Å². The van der Waals surface area contributed by atoms with Gasteiger partial charge in [0.15, 0.2) is 0 Å². The number of nitrogens with zero attached hydrogens (tertiary/aromatic N) is 1. The third-order valence-electron chi connectivity index (χ3n) is 3.89. The summed E-state index contributed by atoms with van der Waals surface area (Å²) in [6, 6.07) is 2.53. The van der Waals surface area contributed by atoms with Crippen LogP contribution in [0.15, 0.2) is 12.3 Å². The highest BCUT2D eigenvalue weighted by Crippen LogP contribution is 2.33. The van der Waals surface area contributed by atoms with Crippen LogP contribution in [-0.2, 0) is 0 Å². The van der Waals surface area contributed by atoms with Gasteiger partial charge in [0.1, 0.15) is 5.82 Å². The van der Waals surface area contributed by atoms with Crippen LogP contribution in [0.25, 0.3) is 0 Å². The molecule has 3 nitrogen and oxygen atoms in total. The highest BCUT2D eigenvalue weighted by molar-refractivity contribution is 5.51. The summed E-state index contributed by atoms with van der Waals surface area (Å²) >= 11 is 0. The molecular formula is C13H21N3. The van der Waals surface area contributed by atoms with Crippen LogP contribution in [0.3, 0.4) is 0 Å². The van der Waals surface area contributed by atoms with E-state index in [0.717, 1.165) is 28.9 Å². The van der Waals surface area contributed by atoms with Crippen LogP contribution in [0, 0.1) is 18.8 Å². The van der Waals surface area contributed by atoms with Gasteiger partial charge in [-0.15, -0.1) is 0 Å². The first-order valence-corrected chi connectivity index (χ1v) is 6.06. The van der Waals surface area contributed by atoms with Crippen LogP contribution >= 0.6 is 0 Å². The molecule has 1 aliphatic carbocycles. The van der Waals surface area contributed by atoms with Crippen LogP contribution in [0.5, 0.6) is 0 Å². The second-order valence-corrected chi connectivity index (χ2v) is 5.10. The number of hydrogen-bond acceptors (Lipinski definition) is 3. The number of aromatic nitrogens is 1. The molecule has 3 N–H and O–H groups in total. The van der Waals surface area contributed by atoms with Gasteiger partial charge in [0, 0.05) is 6.04 Å². The van der Waals surface area contributed by atoms with Gasteiger partial charge < -0.3 is 11.1 Å². The minimum absolute atomic E-state index is 0.560. The normalized spacial score (nSPS) is 29.3. The highest BCUT2D eigenvalue weighted by atomic mass is 15.0. The van der Waals surface area contributed by atoms with Crippen molar-refractivity contribution >= 4 is 11.5 Å². The lowest BCUT2D eigenvalue weighted by Crippen LogP contribution is -2.25. The summed E-state index contributed by atoms with van der Waals surface area (Å²) in [6.45, 7) is 6.70. The first kappa shape index (κ1) is 11.2. The predicted molar refractivity (Wildman–Crippen MR) is 68.4 cm³/mol. The summed E-state index contributed by atoms with van der Waals surface area (Å²) in [6.07, 6.45) is 4.28. The second kappa shape index (κ2) is 4.32. The molecule has 88 valence electrons. The van der Waals surface area contributed by atoms with E-state index in [1.54, 1.807) is 6.20 Å². The van der Waals surface area contributed by atoms with Crippen LogP contribution in [0.4, 0.5) is 11.5 Å². The van der Waals surface area contributed by atoms with Crippen molar-refractivity contribution in [3.05, 3.63) is 17.8 Å². The molecule has 3 atom stereocenters. The third kappa shape index (κ3) is 2.13. The fourth-order valence-corrected chi connectivity index (χ4v) is 2.49. The quantitative estimate of drug-likeness (QED) is 0.804. The van der Waals surface area contributed by atoms with Gasteiger partial charge in [0.25, 0.3) is 0 Å². The molecule has 16 heavy (non-hydrogen) atoms. The fraction of sp³-hybridized carbons (Fsp3) is 0.615.